The highest BCUT2D eigenvalue weighted by Gasteiger charge is 2.16. The summed E-state index contributed by atoms with van der Waals surface area (Å²) in [6, 6.07) is 6.83. The number of halogens is 2. The zero-order chi connectivity index (χ0) is 11.5. The Kier molecular flexibility index (Phi) is 4.32. The minimum atomic E-state index is -0.150. The maximum atomic E-state index is 12.9. The molecule has 1 atom stereocenters. The van der Waals surface area contributed by atoms with E-state index in [2.05, 4.69) is 36.7 Å². The van der Waals surface area contributed by atoms with Gasteiger partial charge in [0.25, 0.3) is 0 Å². The van der Waals surface area contributed by atoms with Gasteiger partial charge >= 0.3 is 0 Å². The first kappa shape index (κ1) is 12.7. The molecule has 0 aliphatic rings. The van der Waals surface area contributed by atoms with Crippen LogP contribution in [-0.4, -0.2) is 4.83 Å². The Morgan fingerprint density at radius 3 is 2.53 bits per heavy atom. The van der Waals surface area contributed by atoms with Crippen LogP contribution >= 0.6 is 15.9 Å². The Labute approximate surface area is 100 Å². The molecule has 0 aromatic heterocycles. The first-order chi connectivity index (χ1) is 6.87. The fourth-order valence-electron chi connectivity index (χ4n) is 1.66. The lowest BCUT2D eigenvalue weighted by Crippen LogP contribution is -2.14. The van der Waals surface area contributed by atoms with E-state index in [0.29, 0.717) is 10.2 Å². The van der Waals surface area contributed by atoms with Crippen molar-refractivity contribution in [3.05, 3.63) is 35.6 Å². The van der Waals surface area contributed by atoms with E-state index in [9.17, 15) is 4.39 Å². The van der Waals surface area contributed by atoms with E-state index in [-0.39, 0.29) is 5.82 Å². The van der Waals surface area contributed by atoms with Crippen LogP contribution in [0.3, 0.4) is 0 Å². The van der Waals surface area contributed by atoms with E-state index in [4.69, 9.17) is 0 Å². The van der Waals surface area contributed by atoms with Gasteiger partial charge in [-0.15, -0.1) is 0 Å². The van der Waals surface area contributed by atoms with Gasteiger partial charge in [0.15, 0.2) is 0 Å². The molecule has 84 valence electrons. The van der Waals surface area contributed by atoms with Crippen molar-refractivity contribution in [2.45, 2.75) is 38.4 Å². The van der Waals surface area contributed by atoms with Crippen LogP contribution in [0.4, 0.5) is 4.39 Å². The highest BCUT2D eigenvalue weighted by Crippen LogP contribution is 2.26. The lowest BCUT2D eigenvalue weighted by molar-refractivity contribution is 0.373. The topological polar surface area (TPSA) is 0 Å². The summed E-state index contributed by atoms with van der Waals surface area (Å²) in [6.45, 7) is 6.65. The van der Waals surface area contributed by atoms with Gasteiger partial charge in [0.05, 0.1) is 0 Å². The summed E-state index contributed by atoms with van der Waals surface area (Å²) in [6.07, 6.45) is 1.97. The SMILES string of the molecule is CC(C)(C)CC(Br)Cc1cccc(F)c1. The van der Waals surface area contributed by atoms with E-state index in [1.807, 2.05) is 6.07 Å². The standard InChI is InChI=1S/C13H18BrF/c1-13(2,3)9-11(14)7-10-5-4-6-12(15)8-10/h4-6,8,11H,7,9H2,1-3H3. The monoisotopic (exact) mass is 272 g/mol. The molecule has 0 spiro atoms. The van der Waals surface area contributed by atoms with Gasteiger partial charge in [-0.3, -0.25) is 0 Å². The molecule has 0 radical (unpaired) electrons. The maximum Gasteiger partial charge on any atom is 0.123 e. The van der Waals surface area contributed by atoms with Crippen LogP contribution in [0.5, 0.6) is 0 Å². The lowest BCUT2D eigenvalue weighted by atomic mass is 9.89. The Morgan fingerprint density at radius 1 is 1.33 bits per heavy atom. The average Bonchev–Trinajstić information content (AvgIpc) is 1.99. The van der Waals surface area contributed by atoms with E-state index < -0.39 is 0 Å². The second-order valence-electron chi connectivity index (χ2n) is 5.20. The van der Waals surface area contributed by atoms with Crippen molar-refractivity contribution in [1.82, 2.24) is 0 Å². The van der Waals surface area contributed by atoms with Crippen LogP contribution in [0.1, 0.15) is 32.8 Å². The Balaban J connectivity index is 2.55. The third-order valence-corrected chi connectivity index (χ3v) is 2.83. The first-order valence-corrected chi connectivity index (χ1v) is 6.17. The predicted molar refractivity (Wildman–Crippen MR) is 66.9 cm³/mol. The minimum Gasteiger partial charge on any atom is -0.207 e. The third kappa shape index (κ3) is 5.31. The number of hydrogen-bond acceptors (Lipinski definition) is 0. The summed E-state index contributed by atoms with van der Waals surface area (Å²) in [5.41, 5.74) is 1.36. The molecule has 1 aromatic carbocycles. The third-order valence-electron chi connectivity index (χ3n) is 2.18. The van der Waals surface area contributed by atoms with E-state index >= 15 is 0 Å². The minimum absolute atomic E-state index is 0.150. The van der Waals surface area contributed by atoms with Gasteiger partial charge in [-0.1, -0.05) is 48.8 Å². The predicted octanol–water partition coefficient (Wildman–Crippen LogP) is 4.57. The van der Waals surface area contributed by atoms with Crippen LogP contribution < -0.4 is 0 Å². The van der Waals surface area contributed by atoms with Crippen molar-refractivity contribution in [3.63, 3.8) is 0 Å². The lowest BCUT2D eigenvalue weighted by Gasteiger charge is -2.22. The Bertz CT molecular complexity index is 315. The van der Waals surface area contributed by atoms with Crippen LogP contribution in [0.25, 0.3) is 0 Å². The highest BCUT2D eigenvalue weighted by atomic mass is 79.9. The van der Waals surface area contributed by atoms with Gasteiger partial charge in [0.2, 0.25) is 0 Å². The second kappa shape index (κ2) is 5.11. The van der Waals surface area contributed by atoms with Crippen LogP contribution in [0, 0.1) is 11.2 Å². The molecule has 15 heavy (non-hydrogen) atoms. The molecule has 0 heterocycles. The molecule has 0 N–H and O–H groups in total. The van der Waals surface area contributed by atoms with Crippen molar-refractivity contribution < 1.29 is 4.39 Å². The van der Waals surface area contributed by atoms with Crippen molar-refractivity contribution >= 4 is 15.9 Å². The van der Waals surface area contributed by atoms with Gasteiger partial charge in [0, 0.05) is 4.83 Å². The summed E-state index contributed by atoms with van der Waals surface area (Å²) < 4.78 is 12.9. The molecule has 0 nitrogen and oxygen atoms in total. The maximum absolute atomic E-state index is 12.9. The van der Waals surface area contributed by atoms with E-state index in [1.54, 1.807) is 12.1 Å². The molecule has 0 amide bonds. The largest absolute Gasteiger partial charge is 0.207 e. The van der Waals surface area contributed by atoms with Crippen molar-refractivity contribution in [2.75, 3.05) is 0 Å². The molecular weight excluding hydrogens is 255 g/mol. The van der Waals surface area contributed by atoms with Crippen LogP contribution in [0.15, 0.2) is 24.3 Å². The molecule has 0 bridgehead atoms. The Hall–Kier alpha value is -0.370. The van der Waals surface area contributed by atoms with Gasteiger partial charge in [0.1, 0.15) is 5.82 Å². The molecular formula is C13H18BrF. The fourth-order valence-corrected chi connectivity index (χ4v) is 3.00. The number of hydrogen-bond donors (Lipinski definition) is 0. The Morgan fingerprint density at radius 2 is 2.00 bits per heavy atom. The summed E-state index contributed by atoms with van der Waals surface area (Å²) in [7, 11) is 0. The van der Waals surface area contributed by atoms with Crippen LogP contribution in [0.2, 0.25) is 0 Å². The molecule has 0 saturated heterocycles. The molecule has 0 aliphatic carbocycles. The molecule has 2 heteroatoms. The quantitative estimate of drug-likeness (QED) is 0.708. The van der Waals surface area contributed by atoms with Gasteiger partial charge in [-0.25, -0.2) is 4.39 Å². The molecule has 0 saturated carbocycles. The average molecular weight is 273 g/mol. The van der Waals surface area contributed by atoms with Crippen LogP contribution in [-0.2, 0) is 6.42 Å². The molecule has 0 fully saturated rings. The number of benzene rings is 1. The smallest absolute Gasteiger partial charge is 0.123 e. The van der Waals surface area contributed by atoms with E-state index in [0.717, 1.165) is 18.4 Å². The zero-order valence-corrected chi connectivity index (χ0v) is 11.1. The second-order valence-corrected chi connectivity index (χ2v) is 6.49. The fraction of sp³-hybridized carbons (Fsp3) is 0.538. The summed E-state index contributed by atoms with van der Waals surface area (Å²) in [5, 5.41) is 0. The summed E-state index contributed by atoms with van der Waals surface area (Å²) >= 11 is 3.65. The number of alkyl halides is 1. The summed E-state index contributed by atoms with van der Waals surface area (Å²) in [4.78, 5) is 0.416. The van der Waals surface area contributed by atoms with Crippen molar-refractivity contribution in [3.8, 4) is 0 Å². The molecule has 1 aromatic rings. The van der Waals surface area contributed by atoms with Gasteiger partial charge in [-0.2, -0.15) is 0 Å². The molecule has 1 unspecified atom stereocenters. The van der Waals surface area contributed by atoms with Gasteiger partial charge < -0.3 is 0 Å². The molecule has 0 aliphatic heterocycles. The zero-order valence-electron chi connectivity index (χ0n) is 9.56. The number of rotatable bonds is 3. The molecule has 1 rings (SSSR count). The highest BCUT2D eigenvalue weighted by molar-refractivity contribution is 9.09. The summed E-state index contributed by atoms with van der Waals surface area (Å²) in [5.74, 6) is -0.150. The van der Waals surface area contributed by atoms with Gasteiger partial charge in [-0.05, 0) is 36.0 Å². The van der Waals surface area contributed by atoms with Crippen molar-refractivity contribution in [2.24, 2.45) is 5.41 Å². The van der Waals surface area contributed by atoms with Crippen molar-refractivity contribution in [1.29, 1.82) is 0 Å². The van der Waals surface area contributed by atoms with E-state index in [1.165, 1.54) is 6.07 Å². The normalized spacial score (nSPS) is 13.9. The first-order valence-electron chi connectivity index (χ1n) is 5.25.